The zero-order chi connectivity index (χ0) is 28.1. The molecule has 2 aromatic carbocycles. The van der Waals surface area contributed by atoms with E-state index in [4.69, 9.17) is 19.2 Å². The van der Waals surface area contributed by atoms with Crippen LogP contribution in [-0.2, 0) is 14.3 Å². The molecule has 206 valence electrons. The first kappa shape index (κ1) is 26.9. The lowest BCUT2D eigenvalue weighted by atomic mass is 10.1. The monoisotopic (exact) mass is 541 g/mol. The van der Waals surface area contributed by atoms with Crippen LogP contribution in [0.1, 0.15) is 50.8 Å². The number of aromatic nitrogens is 2. The number of rotatable bonds is 5. The van der Waals surface area contributed by atoms with Gasteiger partial charge in [-0.05, 0) is 50.5 Å². The Morgan fingerprint density at radius 2 is 2.02 bits per heavy atom. The molecule has 40 heavy (non-hydrogen) atoms. The number of benzene rings is 2. The van der Waals surface area contributed by atoms with Gasteiger partial charge in [0.2, 0.25) is 5.95 Å². The molecule has 0 spiro atoms. The standard InChI is InChI=1S/C30H31N5O5/c1-30(2,3)40-29(37)35-11-9-24(10-12-35)39-26-16-25-22(14-20(26)7-5-13-36)17-32-28(34-25)33-23-8-4-6-21(15-23)27-18-31-19-38-27/h4,6,8,13-17,19,24,27H,9-12,18H2,1-3H3,(H,32,33,34). The summed E-state index contributed by atoms with van der Waals surface area (Å²) in [5.41, 5.74) is 2.53. The molecule has 2 aliphatic rings. The molecule has 1 saturated heterocycles. The van der Waals surface area contributed by atoms with Gasteiger partial charge in [0.05, 0.1) is 17.6 Å². The quantitative estimate of drug-likeness (QED) is 0.362. The highest BCUT2D eigenvalue weighted by molar-refractivity contribution is 5.84. The summed E-state index contributed by atoms with van der Waals surface area (Å²) in [6, 6.07) is 11.5. The highest BCUT2D eigenvalue weighted by atomic mass is 16.6. The van der Waals surface area contributed by atoms with Crippen LogP contribution in [0.25, 0.3) is 10.9 Å². The number of likely N-dealkylation sites (tertiary alicyclic amines) is 1. The van der Waals surface area contributed by atoms with Crippen LogP contribution >= 0.6 is 0 Å². The van der Waals surface area contributed by atoms with Gasteiger partial charge >= 0.3 is 6.09 Å². The van der Waals surface area contributed by atoms with Crippen molar-refractivity contribution in [2.45, 2.75) is 51.4 Å². The first-order valence-electron chi connectivity index (χ1n) is 13.2. The van der Waals surface area contributed by atoms with Gasteiger partial charge in [-0.2, -0.15) is 0 Å². The summed E-state index contributed by atoms with van der Waals surface area (Å²) in [5, 5.41) is 4.02. The largest absolute Gasteiger partial charge is 0.489 e. The van der Waals surface area contributed by atoms with Gasteiger partial charge in [-0.1, -0.05) is 18.1 Å². The van der Waals surface area contributed by atoms with Gasteiger partial charge in [-0.15, -0.1) is 0 Å². The van der Waals surface area contributed by atoms with Crippen molar-refractivity contribution in [3.05, 3.63) is 53.7 Å². The normalized spacial score (nSPS) is 17.1. The highest BCUT2D eigenvalue weighted by Gasteiger charge is 2.28. The second kappa shape index (κ2) is 11.6. The minimum Gasteiger partial charge on any atom is -0.489 e. The molecular formula is C30H31N5O5. The van der Waals surface area contributed by atoms with Gasteiger partial charge in [0.1, 0.15) is 23.6 Å². The Labute approximate surface area is 232 Å². The third-order valence-corrected chi connectivity index (χ3v) is 6.42. The number of anilines is 2. The van der Waals surface area contributed by atoms with Crippen molar-refractivity contribution in [1.82, 2.24) is 14.9 Å². The first-order valence-corrected chi connectivity index (χ1v) is 13.2. The van der Waals surface area contributed by atoms with E-state index in [1.54, 1.807) is 11.1 Å². The van der Waals surface area contributed by atoms with Crippen molar-refractivity contribution < 1.29 is 23.8 Å². The number of nitrogens with zero attached hydrogens (tertiary/aromatic N) is 4. The van der Waals surface area contributed by atoms with E-state index in [9.17, 15) is 9.59 Å². The van der Waals surface area contributed by atoms with E-state index >= 15 is 0 Å². The summed E-state index contributed by atoms with van der Waals surface area (Å²) >= 11 is 0. The van der Waals surface area contributed by atoms with Gasteiger partial charge in [0, 0.05) is 49.3 Å². The molecule has 1 atom stereocenters. The summed E-state index contributed by atoms with van der Waals surface area (Å²) in [6.07, 6.45) is 4.47. The molecule has 0 aliphatic carbocycles. The zero-order valence-corrected chi connectivity index (χ0v) is 22.7. The van der Waals surface area contributed by atoms with E-state index in [0.29, 0.717) is 61.5 Å². The number of piperidine rings is 1. The third kappa shape index (κ3) is 6.67. The lowest BCUT2D eigenvalue weighted by molar-refractivity contribution is -0.103. The number of fused-ring (bicyclic) bond motifs is 1. The molecule has 0 saturated carbocycles. The zero-order valence-electron chi connectivity index (χ0n) is 22.7. The molecule has 3 heterocycles. The van der Waals surface area contributed by atoms with Crippen LogP contribution in [0.4, 0.5) is 16.4 Å². The van der Waals surface area contributed by atoms with Gasteiger partial charge in [-0.3, -0.25) is 9.79 Å². The Bertz CT molecular complexity index is 1490. The summed E-state index contributed by atoms with van der Waals surface area (Å²) < 4.78 is 17.4. The molecule has 0 bridgehead atoms. The number of carbonyl (C=O) groups excluding carboxylic acids is 2. The molecule has 1 aromatic heterocycles. The van der Waals surface area contributed by atoms with E-state index in [0.717, 1.165) is 16.6 Å². The Kier molecular flexibility index (Phi) is 7.82. The van der Waals surface area contributed by atoms with Gasteiger partial charge in [-0.25, -0.2) is 14.8 Å². The average molecular weight is 542 g/mol. The van der Waals surface area contributed by atoms with Crippen molar-refractivity contribution >= 4 is 41.3 Å². The maximum atomic E-state index is 12.4. The van der Waals surface area contributed by atoms with Crippen molar-refractivity contribution in [3.8, 4) is 17.6 Å². The minimum atomic E-state index is -0.542. The number of nitrogens with one attached hydrogen (secondary N) is 1. The van der Waals surface area contributed by atoms with E-state index < -0.39 is 5.60 Å². The third-order valence-electron chi connectivity index (χ3n) is 6.42. The fourth-order valence-electron chi connectivity index (χ4n) is 4.51. The highest BCUT2D eigenvalue weighted by Crippen LogP contribution is 2.29. The van der Waals surface area contributed by atoms with E-state index in [1.165, 1.54) is 6.40 Å². The van der Waals surface area contributed by atoms with Crippen LogP contribution in [0, 0.1) is 11.8 Å². The number of aliphatic imine (C=N–C) groups is 1. The fraction of sp³-hybridized carbons (Fsp3) is 0.367. The lowest BCUT2D eigenvalue weighted by Gasteiger charge is -2.33. The number of ether oxygens (including phenoxy) is 3. The lowest BCUT2D eigenvalue weighted by Crippen LogP contribution is -2.44. The Morgan fingerprint density at radius 1 is 1.20 bits per heavy atom. The van der Waals surface area contributed by atoms with E-state index in [2.05, 4.69) is 27.1 Å². The minimum absolute atomic E-state index is 0.0964. The molecule has 5 rings (SSSR count). The molecule has 1 unspecified atom stereocenters. The molecule has 10 nitrogen and oxygen atoms in total. The smallest absolute Gasteiger partial charge is 0.410 e. The predicted octanol–water partition coefficient (Wildman–Crippen LogP) is 4.80. The maximum absolute atomic E-state index is 12.4. The first-order chi connectivity index (χ1) is 19.3. The van der Waals surface area contributed by atoms with Crippen molar-refractivity contribution in [3.63, 3.8) is 0 Å². The van der Waals surface area contributed by atoms with E-state index in [1.807, 2.05) is 57.2 Å². The van der Waals surface area contributed by atoms with Crippen LogP contribution in [0.3, 0.4) is 0 Å². The Hall–Kier alpha value is -4.65. The van der Waals surface area contributed by atoms with Gasteiger partial charge < -0.3 is 24.4 Å². The average Bonchev–Trinajstić information content (AvgIpc) is 3.47. The predicted molar refractivity (Wildman–Crippen MR) is 151 cm³/mol. The second-order valence-corrected chi connectivity index (χ2v) is 10.6. The topological polar surface area (TPSA) is 115 Å². The molecule has 1 N–H and O–H groups in total. The summed E-state index contributed by atoms with van der Waals surface area (Å²) in [4.78, 5) is 38.4. The van der Waals surface area contributed by atoms with Crippen molar-refractivity contribution in [2.75, 3.05) is 25.0 Å². The number of carbonyl (C=O) groups is 2. The van der Waals surface area contributed by atoms with Crippen LogP contribution in [0.5, 0.6) is 5.75 Å². The number of aldehydes is 1. The Balaban J connectivity index is 1.33. The summed E-state index contributed by atoms with van der Waals surface area (Å²) in [6.45, 7) is 7.19. The molecular weight excluding hydrogens is 510 g/mol. The fourth-order valence-corrected chi connectivity index (χ4v) is 4.51. The summed E-state index contributed by atoms with van der Waals surface area (Å²) in [5.74, 6) is 6.29. The molecule has 2 aliphatic heterocycles. The van der Waals surface area contributed by atoms with Crippen molar-refractivity contribution in [1.29, 1.82) is 0 Å². The number of hydrogen-bond acceptors (Lipinski definition) is 9. The SMILES string of the molecule is CC(C)(C)OC(=O)N1CCC(Oc2cc3nc(Nc4cccc(C5CN=CO5)c4)ncc3cc2C#CC=O)CC1. The number of hydrogen-bond donors (Lipinski definition) is 1. The molecule has 0 radical (unpaired) electrons. The molecule has 1 fully saturated rings. The molecule has 10 heteroatoms. The maximum Gasteiger partial charge on any atom is 0.410 e. The summed E-state index contributed by atoms with van der Waals surface area (Å²) in [7, 11) is 0. The van der Waals surface area contributed by atoms with Crippen LogP contribution in [0.2, 0.25) is 0 Å². The van der Waals surface area contributed by atoms with Crippen LogP contribution < -0.4 is 10.1 Å². The van der Waals surface area contributed by atoms with Gasteiger partial charge in [0.15, 0.2) is 12.7 Å². The van der Waals surface area contributed by atoms with Crippen molar-refractivity contribution in [2.24, 2.45) is 4.99 Å². The van der Waals surface area contributed by atoms with E-state index in [-0.39, 0.29) is 18.3 Å². The van der Waals surface area contributed by atoms with Crippen LogP contribution in [0.15, 0.2) is 47.6 Å². The van der Waals surface area contributed by atoms with Crippen LogP contribution in [-0.4, -0.2) is 65.0 Å². The molecule has 1 amide bonds. The Morgan fingerprint density at radius 3 is 2.75 bits per heavy atom. The number of amides is 1. The van der Waals surface area contributed by atoms with Gasteiger partial charge in [0.25, 0.3) is 0 Å². The second-order valence-electron chi connectivity index (χ2n) is 10.6. The molecule has 3 aromatic rings.